The van der Waals surface area contributed by atoms with Crippen LogP contribution < -0.4 is 5.73 Å². The quantitative estimate of drug-likeness (QED) is 0.730. The number of carbonyl (C=O) groups is 1. The standard InChI is InChI=1S/C14H16N4.C9H17NO2.C2H6/c15-14-12-9-18(7-6-13(12)16-10-17-14)8-11-4-2-1-3-5-11;1-9(2,3)12-8(11)10-6-4-5-7-10;1-2/h1-5,10H,6-9H2,(H2,15,16,17);4-7H2,1-3H3;1-2H3. The van der Waals surface area contributed by atoms with E-state index in [2.05, 4.69) is 39.1 Å². The predicted molar refractivity (Wildman–Crippen MR) is 129 cm³/mol. The molecule has 0 unspecified atom stereocenters. The number of rotatable bonds is 2. The van der Waals surface area contributed by atoms with Crippen molar-refractivity contribution in [1.29, 1.82) is 0 Å². The second-order valence-electron chi connectivity index (χ2n) is 8.80. The Labute approximate surface area is 193 Å². The lowest BCUT2D eigenvalue weighted by molar-refractivity contribution is 0.0295. The molecule has 4 rings (SSSR count). The molecule has 0 atom stereocenters. The van der Waals surface area contributed by atoms with E-state index in [-0.39, 0.29) is 11.7 Å². The second kappa shape index (κ2) is 12.4. The number of hydrogen-bond donors (Lipinski definition) is 1. The van der Waals surface area contributed by atoms with Gasteiger partial charge in [0.05, 0.1) is 5.69 Å². The number of nitrogens with two attached hydrogens (primary N) is 1. The monoisotopic (exact) mass is 441 g/mol. The fraction of sp³-hybridized carbons (Fsp3) is 0.560. The summed E-state index contributed by atoms with van der Waals surface area (Å²) in [5.74, 6) is 0.623. The highest BCUT2D eigenvalue weighted by molar-refractivity contribution is 5.68. The van der Waals surface area contributed by atoms with E-state index in [9.17, 15) is 4.79 Å². The van der Waals surface area contributed by atoms with Crippen LogP contribution in [0.3, 0.4) is 0 Å². The Kier molecular flexibility index (Phi) is 9.91. The summed E-state index contributed by atoms with van der Waals surface area (Å²) in [4.78, 5) is 23.9. The Morgan fingerprint density at radius 1 is 1.06 bits per heavy atom. The molecule has 1 aromatic heterocycles. The molecular formula is C25H39N5O2. The summed E-state index contributed by atoms with van der Waals surface area (Å²) in [5, 5.41) is 0. The Hall–Kier alpha value is -2.67. The maximum atomic E-state index is 11.4. The van der Waals surface area contributed by atoms with Crippen LogP contribution in [-0.2, 0) is 24.2 Å². The Morgan fingerprint density at radius 3 is 2.34 bits per heavy atom. The Balaban J connectivity index is 0.000000227. The maximum absolute atomic E-state index is 11.4. The molecule has 3 heterocycles. The van der Waals surface area contributed by atoms with Crippen LogP contribution in [0.2, 0.25) is 0 Å². The number of aromatic nitrogens is 2. The van der Waals surface area contributed by atoms with Gasteiger partial charge in [0.25, 0.3) is 0 Å². The van der Waals surface area contributed by atoms with Crippen molar-refractivity contribution >= 4 is 11.9 Å². The van der Waals surface area contributed by atoms with Crippen molar-refractivity contribution in [2.45, 2.75) is 72.6 Å². The largest absolute Gasteiger partial charge is 0.444 e. The predicted octanol–water partition coefficient (Wildman–Crippen LogP) is 4.66. The average molecular weight is 442 g/mol. The van der Waals surface area contributed by atoms with Crippen molar-refractivity contribution in [3.05, 3.63) is 53.5 Å². The van der Waals surface area contributed by atoms with Gasteiger partial charge < -0.3 is 15.4 Å². The summed E-state index contributed by atoms with van der Waals surface area (Å²) in [5.41, 5.74) is 9.09. The molecule has 1 saturated heterocycles. The van der Waals surface area contributed by atoms with Crippen molar-refractivity contribution < 1.29 is 9.53 Å². The average Bonchev–Trinajstić information content (AvgIpc) is 3.31. The lowest BCUT2D eigenvalue weighted by atomic mass is 10.1. The highest BCUT2D eigenvalue weighted by Gasteiger charge is 2.24. The molecule has 32 heavy (non-hydrogen) atoms. The number of amides is 1. The molecule has 0 aliphatic carbocycles. The van der Waals surface area contributed by atoms with Gasteiger partial charge in [0, 0.05) is 44.7 Å². The molecule has 2 aliphatic rings. The first-order valence-corrected chi connectivity index (χ1v) is 11.6. The normalized spacial score (nSPS) is 15.6. The molecule has 2 N–H and O–H groups in total. The number of hydrogen-bond acceptors (Lipinski definition) is 6. The number of benzene rings is 1. The summed E-state index contributed by atoms with van der Waals surface area (Å²) in [6.07, 6.45) is 4.56. The van der Waals surface area contributed by atoms with Crippen LogP contribution >= 0.6 is 0 Å². The van der Waals surface area contributed by atoms with Crippen LogP contribution in [0, 0.1) is 0 Å². The van der Waals surface area contributed by atoms with Crippen molar-refractivity contribution in [3.63, 3.8) is 0 Å². The van der Waals surface area contributed by atoms with Gasteiger partial charge in [-0.2, -0.15) is 0 Å². The first kappa shape index (κ1) is 25.6. The fourth-order valence-electron chi connectivity index (χ4n) is 3.62. The molecule has 7 heteroatoms. The number of nitrogen functional groups attached to an aromatic ring is 1. The zero-order chi connectivity index (χ0) is 23.6. The number of likely N-dealkylation sites (tertiary alicyclic amines) is 1. The molecule has 176 valence electrons. The minimum absolute atomic E-state index is 0.167. The second-order valence-corrected chi connectivity index (χ2v) is 8.80. The van der Waals surface area contributed by atoms with Gasteiger partial charge in [-0.25, -0.2) is 14.8 Å². The molecule has 1 amide bonds. The number of carbonyl (C=O) groups excluding carboxylic acids is 1. The molecule has 2 aliphatic heterocycles. The fourth-order valence-corrected chi connectivity index (χ4v) is 3.62. The summed E-state index contributed by atoms with van der Waals surface area (Å²) >= 11 is 0. The van der Waals surface area contributed by atoms with E-state index in [1.165, 1.54) is 5.56 Å². The van der Waals surface area contributed by atoms with Crippen LogP contribution in [0.5, 0.6) is 0 Å². The van der Waals surface area contributed by atoms with Crippen LogP contribution in [0.4, 0.5) is 10.6 Å². The minimum atomic E-state index is -0.361. The van der Waals surface area contributed by atoms with Crippen molar-refractivity contribution in [2.24, 2.45) is 0 Å². The number of ether oxygens (including phenoxy) is 1. The third kappa shape index (κ3) is 8.11. The summed E-state index contributed by atoms with van der Waals surface area (Å²) < 4.78 is 5.21. The molecule has 0 saturated carbocycles. The highest BCUT2D eigenvalue weighted by Crippen LogP contribution is 2.22. The van der Waals surface area contributed by atoms with Gasteiger partial charge >= 0.3 is 6.09 Å². The van der Waals surface area contributed by atoms with Gasteiger partial charge in [0.2, 0.25) is 0 Å². The molecule has 1 fully saturated rings. The highest BCUT2D eigenvalue weighted by atomic mass is 16.6. The van der Waals surface area contributed by atoms with E-state index >= 15 is 0 Å². The van der Waals surface area contributed by atoms with Crippen LogP contribution in [-0.4, -0.2) is 51.1 Å². The van der Waals surface area contributed by atoms with Crippen molar-refractivity contribution in [1.82, 2.24) is 19.8 Å². The van der Waals surface area contributed by atoms with E-state index in [1.807, 2.05) is 40.7 Å². The topological polar surface area (TPSA) is 84.6 Å². The summed E-state index contributed by atoms with van der Waals surface area (Å²) in [7, 11) is 0. The Bertz CT molecular complexity index is 830. The van der Waals surface area contributed by atoms with Gasteiger partial charge in [0.15, 0.2) is 0 Å². The minimum Gasteiger partial charge on any atom is -0.444 e. The molecule has 0 spiro atoms. The summed E-state index contributed by atoms with van der Waals surface area (Å²) in [6.45, 7) is 14.2. The Morgan fingerprint density at radius 2 is 1.72 bits per heavy atom. The number of fused-ring (bicyclic) bond motifs is 1. The van der Waals surface area contributed by atoms with E-state index < -0.39 is 0 Å². The van der Waals surface area contributed by atoms with E-state index in [1.54, 1.807) is 11.2 Å². The lowest BCUT2D eigenvalue weighted by Crippen LogP contribution is -2.34. The smallest absolute Gasteiger partial charge is 0.410 e. The van der Waals surface area contributed by atoms with E-state index in [0.717, 1.165) is 63.2 Å². The van der Waals surface area contributed by atoms with Crippen LogP contribution in [0.15, 0.2) is 36.7 Å². The maximum Gasteiger partial charge on any atom is 0.410 e. The zero-order valence-electron chi connectivity index (χ0n) is 20.3. The van der Waals surface area contributed by atoms with Gasteiger partial charge in [-0.3, -0.25) is 4.90 Å². The van der Waals surface area contributed by atoms with Gasteiger partial charge in [-0.1, -0.05) is 44.2 Å². The van der Waals surface area contributed by atoms with Gasteiger partial charge in [-0.15, -0.1) is 0 Å². The lowest BCUT2D eigenvalue weighted by Gasteiger charge is -2.28. The van der Waals surface area contributed by atoms with E-state index in [0.29, 0.717) is 5.82 Å². The zero-order valence-corrected chi connectivity index (χ0v) is 20.3. The molecular weight excluding hydrogens is 402 g/mol. The first-order valence-electron chi connectivity index (χ1n) is 11.6. The van der Waals surface area contributed by atoms with Gasteiger partial charge in [-0.05, 0) is 39.2 Å². The SMILES string of the molecule is CC.CC(C)(C)OC(=O)N1CCCC1.Nc1ncnc2c1CN(Cc1ccccc1)CC2. The van der Waals surface area contributed by atoms with Crippen molar-refractivity contribution in [3.8, 4) is 0 Å². The molecule has 1 aromatic carbocycles. The number of anilines is 1. The van der Waals surface area contributed by atoms with Gasteiger partial charge in [0.1, 0.15) is 17.7 Å². The molecule has 2 aromatic rings. The van der Waals surface area contributed by atoms with Crippen molar-refractivity contribution in [2.75, 3.05) is 25.4 Å². The molecule has 0 bridgehead atoms. The first-order chi connectivity index (χ1) is 15.3. The van der Waals surface area contributed by atoms with Crippen LogP contribution in [0.1, 0.15) is 64.3 Å². The molecule has 0 radical (unpaired) electrons. The third-order valence-corrected chi connectivity index (χ3v) is 5.12. The van der Waals surface area contributed by atoms with Crippen LogP contribution in [0.25, 0.3) is 0 Å². The van der Waals surface area contributed by atoms with E-state index in [4.69, 9.17) is 10.5 Å². The number of nitrogens with zero attached hydrogens (tertiary/aromatic N) is 4. The molecule has 7 nitrogen and oxygen atoms in total. The summed E-state index contributed by atoms with van der Waals surface area (Å²) in [6, 6.07) is 10.5. The third-order valence-electron chi connectivity index (χ3n) is 5.12.